The van der Waals surface area contributed by atoms with E-state index in [1.165, 1.54) is 5.56 Å². The van der Waals surface area contributed by atoms with Gasteiger partial charge < -0.3 is 15.0 Å². The number of nitrogens with zero attached hydrogens (tertiary/aromatic N) is 1. The molecule has 0 bridgehead atoms. The minimum absolute atomic E-state index is 0.410. The first kappa shape index (κ1) is 13.0. The van der Waals surface area contributed by atoms with Gasteiger partial charge in [0.05, 0.1) is 7.11 Å². The molecular formula is C13H22N2O. The minimum Gasteiger partial charge on any atom is -0.497 e. The normalized spacial score (nSPS) is 12.8. The summed E-state index contributed by atoms with van der Waals surface area (Å²) in [5.41, 5.74) is 1.31. The van der Waals surface area contributed by atoms with Gasteiger partial charge >= 0.3 is 0 Å². The van der Waals surface area contributed by atoms with Crippen LogP contribution in [0.3, 0.4) is 0 Å². The van der Waals surface area contributed by atoms with Gasteiger partial charge in [0, 0.05) is 6.04 Å². The zero-order valence-corrected chi connectivity index (χ0v) is 10.7. The van der Waals surface area contributed by atoms with E-state index < -0.39 is 0 Å². The van der Waals surface area contributed by atoms with E-state index in [1.54, 1.807) is 7.11 Å². The maximum atomic E-state index is 5.15. The van der Waals surface area contributed by atoms with E-state index in [0.717, 1.165) is 18.7 Å². The Hall–Kier alpha value is -1.06. The second-order valence-corrected chi connectivity index (χ2v) is 4.21. The summed E-state index contributed by atoms with van der Waals surface area (Å²) in [5, 5.41) is 3.34. The Morgan fingerprint density at radius 1 is 1.25 bits per heavy atom. The largest absolute Gasteiger partial charge is 0.497 e. The molecule has 3 nitrogen and oxygen atoms in total. The Balaban J connectivity index is 2.63. The van der Waals surface area contributed by atoms with Crippen molar-refractivity contribution in [2.24, 2.45) is 0 Å². The molecule has 1 atom stereocenters. The molecule has 1 unspecified atom stereocenters. The number of rotatable bonds is 6. The molecule has 0 spiro atoms. The maximum Gasteiger partial charge on any atom is 0.118 e. The Morgan fingerprint density at radius 3 is 2.31 bits per heavy atom. The van der Waals surface area contributed by atoms with Crippen LogP contribution in [-0.2, 0) is 0 Å². The van der Waals surface area contributed by atoms with Gasteiger partial charge in [-0.25, -0.2) is 0 Å². The van der Waals surface area contributed by atoms with Gasteiger partial charge in [-0.2, -0.15) is 0 Å². The van der Waals surface area contributed by atoms with Crippen molar-refractivity contribution in [3.05, 3.63) is 29.8 Å². The molecule has 1 N–H and O–H groups in total. The molecule has 0 saturated heterocycles. The van der Waals surface area contributed by atoms with E-state index in [9.17, 15) is 0 Å². The Morgan fingerprint density at radius 2 is 1.88 bits per heavy atom. The molecule has 3 heteroatoms. The summed E-state index contributed by atoms with van der Waals surface area (Å²) in [6.45, 7) is 1.08. The smallest absolute Gasteiger partial charge is 0.118 e. The first-order valence-electron chi connectivity index (χ1n) is 5.63. The van der Waals surface area contributed by atoms with Crippen LogP contribution >= 0.6 is 0 Å². The van der Waals surface area contributed by atoms with Crippen LogP contribution in [0.15, 0.2) is 24.3 Å². The fourth-order valence-electron chi connectivity index (χ4n) is 1.70. The standard InChI is InChI=1S/C13H22N2O/c1-14-13(9-10-15(2)3)11-5-7-12(16-4)8-6-11/h5-8,13-14H,9-10H2,1-4H3. The number of nitrogens with one attached hydrogen (secondary N) is 1. The molecule has 0 amide bonds. The summed E-state index contributed by atoms with van der Waals surface area (Å²) >= 11 is 0. The third-order valence-electron chi connectivity index (χ3n) is 2.73. The summed E-state index contributed by atoms with van der Waals surface area (Å²) in [4.78, 5) is 2.20. The fourth-order valence-corrected chi connectivity index (χ4v) is 1.70. The molecule has 90 valence electrons. The minimum atomic E-state index is 0.410. The molecule has 0 aromatic heterocycles. The SMILES string of the molecule is CNC(CCN(C)C)c1ccc(OC)cc1. The monoisotopic (exact) mass is 222 g/mol. The quantitative estimate of drug-likeness (QED) is 0.795. The van der Waals surface area contributed by atoms with Crippen LogP contribution in [0.25, 0.3) is 0 Å². The zero-order valence-electron chi connectivity index (χ0n) is 10.7. The lowest BCUT2D eigenvalue weighted by molar-refractivity contribution is 0.368. The Labute approximate surface area is 98.4 Å². The highest BCUT2D eigenvalue weighted by Gasteiger charge is 2.09. The molecule has 0 fully saturated rings. The van der Waals surface area contributed by atoms with Gasteiger partial charge in [-0.1, -0.05) is 12.1 Å². The number of methoxy groups -OCH3 is 1. The van der Waals surface area contributed by atoms with Crippen LogP contribution in [0.5, 0.6) is 5.75 Å². The predicted molar refractivity (Wildman–Crippen MR) is 68.0 cm³/mol. The van der Waals surface area contributed by atoms with Gasteiger partial charge in [-0.3, -0.25) is 0 Å². The number of benzene rings is 1. The average molecular weight is 222 g/mol. The van der Waals surface area contributed by atoms with Crippen LogP contribution in [0.4, 0.5) is 0 Å². The van der Waals surface area contributed by atoms with Crippen LogP contribution < -0.4 is 10.1 Å². The second kappa shape index (κ2) is 6.51. The van der Waals surface area contributed by atoms with Crippen LogP contribution in [-0.4, -0.2) is 39.7 Å². The van der Waals surface area contributed by atoms with Crippen molar-refractivity contribution in [1.29, 1.82) is 0 Å². The highest BCUT2D eigenvalue weighted by Crippen LogP contribution is 2.19. The Bertz CT molecular complexity index is 295. The molecule has 1 rings (SSSR count). The van der Waals surface area contributed by atoms with Crippen LogP contribution in [0.2, 0.25) is 0 Å². The molecule has 0 aliphatic rings. The summed E-state index contributed by atoms with van der Waals surface area (Å²) in [5.74, 6) is 0.909. The Kier molecular flexibility index (Phi) is 5.29. The molecule has 0 radical (unpaired) electrons. The lowest BCUT2D eigenvalue weighted by Crippen LogP contribution is -2.22. The van der Waals surface area contributed by atoms with E-state index in [1.807, 2.05) is 19.2 Å². The van der Waals surface area contributed by atoms with E-state index in [4.69, 9.17) is 4.74 Å². The van der Waals surface area contributed by atoms with E-state index in [2.05, 4.69) is 36.4 Å². The van der Waals surface area contributed by atoms with Crippen molar-refractivity contribution < 1.29 is 4.74 Å². The maximum absolute atomic E-state index is 5.15. The summed E-state index contributed by atoms with van der Waals surface area (Å²) in [6, 6.07) is 8.67. The summed E-state index contributed by atoms with van der Waals surface area (Å²) in [6.07, 6.45) is 1.11. The van der Waals surface area contributed by atoms with Gasteiger partial charge in [-0.15, -0.1) is 0 Å². The molecule has 0 saturated carbocycles. The van der Waals surface area contributed by atoms with Gasteiger partial charge in [0.25, 0.3) is 0 Å². The van der Waals surface area contributed by atoms with Crippen molar-refractivity contribution in [3.8, 4) is 5.75 Å². The molecule has 1 aromatic rings. The summed E-state index contributed by atoms with van der Waals surface area (Å²) in [7, 11) is 7.89. The van der Waals surface area contributed by atoms with Gasteiger partial charge in [0.2, 0.25) is 0 Å². The van der Waals surface area contributed by atoms with Crippen molar-refractivity contribution in [2.75, 3.05) is 34.8 Å². The number of hydrogen-bond donors (Lipinski definition) is 1. The van der Waals surface area contributed by atoms with Crippen molar-refractivity contribution >= 4 is 0 Å². The van der Waals surface area contributed by atoms with Crippen molar-refractivity contribution in [3.63, 3.8) is 0 Å². The topological polar surface area (TPSA) is 24.5 Å². The van der Waals surface area contributed by atoms with Gasteiger partial charge in [0.15, 0.2) is 0 Å². The summed E-state index contributed by atoms with van der Waals surface area (Å²) < 4.78 is 5.15. The van der Waals surface area contributed by atoms with Crippen molar-refractivity contribution in [2.45, 2.75) is 12.5 Å². The number of hydrogen-bond acceptors (Lipinski definition) is 3. The van der Waals surface area contributed by atoms with Crippen LogP contribution in [0.1, 0.15) is 18.0 Å². The molecule has 1 aromatic carbocycles. The lowest BCUT2D eigenvalue weighted by atomic mass is 10.0. The van der Waals surface area contributed by atoms with Gasteiger partial charge in [0.1, 0.15) is 5.75 Å². The molecule has 16 heavy (non-hydrogen) atoms. The van der Waals surface area contributed by atoms with Crippen molar-refractivity contribution in [1.82, 2.24) is 10.2 Å². The lowest BCUT2D eigenvalue weighted by Gasteiger charge is -2.19. The van der Waals surface area contributed by atoms with E-state index in [0.29, 0.717) is 6.04 Å². The van der Waals surface area contributed by atoms with Crippen LogP contribution in [0, 0.1) is 0 Å². The molecular weight excluding hydrogens is 200 g/mol. The van der Waals surface area contributed by atoms with Gasteiger partial charge in [-0.05, 0) is 51.8 Å². The molecule has 0 aliphatic heterocycles. The van der Waals surface area contributed by atoms with E-state index in [-0.39, 0.29) is 0 Å². The average Bonchev–Trinajstić information content (AvgIpc) is 2.30. The highest BCUT2D eigenvalue weighted by atomic mass is 16.5. The third-order valence-corrected chi connectivity index (χ3v) is 2.73. The zero-order chi connectivity index (χ0) is 12.0. The fraction of sp³-hybridized carbons (Fsp3) is 0.538. The molecule has 0 heterocycles. The third kappa shape index (κ3) is 3.83. The second-order valence-electron chi connectivity index (χ2n) is 4.21. The van der Waals surface area contributed by atoms with E-state index >= 15 is 0 Å². The first-order chi connectivity index (χ1) is 7.67. The first-order valence-corrected chi connectivity index (χ1v) is 5.63. The predicted octanol–water partition coefficient (Wildman–Crippen LogP) is 1.91. The highest BCUT2D eigenvalue weighted by molar-refractivity contribution is 5.29. The molecule has 0 aliphatic carbocycles. The number of ether oxygens (including phenoxy) is 1.